The Labute approximate surface area is 119 Å². The van der Waals surface area contributed by atoms with E-state index < -0.39 is 0 Å². The maximum absolute atomic E-state index is 11.8. The van der Waals surface area contributed by atoms with Gasteiger partial charge >= 0.3 is 6.03 Å². The maximum Gasteiger partial charge on any atom is 0.317 e. The number of nitrogens with one attached hydrogen (secondary N) is 1. The lowest BCUT2D eigenvalue weighted by atomic mass is 9.95. The van der Waals surface area contributed by atoms with Crippen LogP contribution in [-0.2, 0) is 13.0 Å². The van der Waals surface area contributed by atoms with Gasteiger partial charge in [-0.05, 0) is 32.6 Å². The highest BCUT2D eigenvalue weighted by Crippen LogP contribution is 2.28. The van der Waals surface area contributed by atoms with Crippen molar-refractivity contribution in [1.29, 1.82) is 0 Å². The van der Waals surface area contributed by atoms with Crippen molar-refractivity contribution in [2.24, 2.45) is 0 Å². The number of nitrogens with zero attached hydrogens (tertiary/aromatic N) is 4. The predicted molar refractivity (Wildman–Crippen MR) is 75.6 cm³/mol. The molecule has 1 fully saturated rings. The van der Waals surface area contributed by atoms with Crippen molar-refractivity contribution < 1.29 is 4.79 Å². The normalized spacial score (nSPS) is 19.8. The molecule has 6 heteroatoms. The van der Waals surface area contributed by atoms with Gasteiger partial charge in [0.25, 0.3) is 0 Å². The van der Waals surface area contributed by atoms with Crippen molar-refractivity contribution in [3.05, 3.63) is 11.6 Å². The number of urea groups is 1. The van der Waals surface area contributed by atoms with Gasteiger partial charge in [-0.3, -0.25) is 0 Å². The molecule has 0 unspecified atom stereocenters. The van der Waals surface area contributed by atoms with Gasteiger partial charge in [0.15, 0.2) is 0 Å². The largest absolute Gasteiger partial charge is 0.338 e. The molecule has 0 aromatic carbocycles. The molecule has 0 radical (unpaired) electrons. The van der Waals surface area contributed by atoms with E-state index in [-0.39, 0.29) is 6.03 Å². The molecule has 0 saturated carbocycles. The average Bonchev–Trinajstić information content (AvgIpc) is 2.92. The smallest absolute Gasteiger partial charge is 0.317 e. The third kappa shape index (κ3) is 2.51. The lowest BCUT2D eigenvalue weighted by molar-refractivity contribution is 0.180. The number of aryl methyl sites for hydroxylation is 1. The van der Waals surface area contributed by atoms with Crippen LogP contribution in [0.4, 0.5) is 4.79 Å². The van der Waals surface area contributed by atoms with Crippen LogP contribution in [0.1, 0.15) is 50.2 Å². The first kappa shape index (κ1) is 13.4. The summed E-state index contributed by atoms with van der Waals surface area (Å²) in [6, 6.07) is 0.0641. The number of aromatic nitrogens is 3. The fraction of sp³-hybridized carbons (Fsp3) is 0.786. The first-order chi connectivity index (χ1) is 9.79. The van der Waals surface area contributed by atoms with Gasteiger partial charge in [-0.1, -0.05) is 0 Å². The minimum absolute atomic E-state index is 0.0641. The van der Waals surface area contributed by atoms with Crippen molar-refractivity contribution in [3.63, 3.8) is 0 Å². The van der Waals surface area contributed by atoms with Crippen LogP contribution in [0, 0.1) is 0 Å². The Morgan fingerprint density at radius 3 is 2.80 bits per heavy atom. The van der Waals surface area contributed by atoms with Crippen LogP contribution in [-0.4, -0.2) is 45.3 Å². The molecule has 1 aromatic heterocycles. The van der Waals surface area contributed by atoms with E-state index in [0.29, 0.717) is 12.5 Å². The van der Waals surface area contributed by atoms with E-state index in [9.17, 15) is 4.79 Å². The number of carbonyl (C=O) groups excluding carboxylic acids is 1. The number of carbonyl (C=O) groups is 1. The monoisotopic (exact) mass is 277 g/mol. The Kier molecular flexibility index (Phi) is 3.89. The Morgan fingerprint density at radius 1 is 1.25 bits per heavy atom. The zero-order valence-corrected chi connectivity index (χ0v) is 12.1. The molecule has 6 nitrogen and oxygen atoms in total. The molecule has 1 saturated heterocycles. The summed E-state index contributed by atoms with van der Waals surface area (Å²) in [5, 5.41) is 11.6. The van der Waals surface area contributed by atoms with Crippen LogP contribution >= 0.6 is 0 Å². The van der Waals surface area contributed by atoms with Crippen LogP contribution in [0.2, 0.25) is 0 Å². The van der Waals surface area contributed by atoms with Crippen molar-refractivity contribution >= 4 is 6.03 Å². The van der Waals surface area contributed by atoms with Gasteiger partial charge in [-0.25, -0.2) is 4.79 Å². The van der Waals surface area contributed by atoms with Crippen molar-refractivity contribution in [2.75, 3.05) is 19.6 Å². The average molecular weight is 277 g/mol. The Bertz CT molecular complexity index is 476. The molecule has 20 heavy (non-hydrogen) atoms. The third-order valence-electron chi connectivity index (χ3n) is 4.36. The first-order valence-corrected chi connectivity index (χ1v) is 7.74. The van der Waals surface area contributed by atoms with Gasteiger partial charge in [-0.2, -0.15) is 0 Å². The van der Waals surface area contributed by atoms with E-state index in [2.05, 4.69) is 20.1 Å². The van der Waals surface area contributed by atoms with Gasteiger partial charge in [0.05, 0.1) is 0 Å². The second kappa shape index (κ2) is 5.81. The van der Waals surface area contributed by atoms with Crippen molar-refractivity contribution in [1.82, 2.24) is 25.0 Å². The second-order valence-corrected chi connectivity index (χ2v) is 5.68. The summed E-state index contributed by atoms with van der Waals surface area (Å²) in [5.41, 5.74) is 0. The zero-order chi connectivity index (χ0) is 13.9. The second-order valence-electron chi connectivity index (χ2n) is 5.68. The van der Waals surface area contributed by atoms with Gasteiger partial charge < -0.3 is 14.8 Å². The highest BCUT2D eigenvalue weighted by atomic mass is 16.2. The molecule has 0 aliphatic carbocycles. The molecule has 1 N–H and O–H groups in total. The Balaban J connectivity index is 1.63. The predicted octanol–water partition coefficient (Wildman–Crippen LogP) is 1.52. The molecule has 3 rings (SSSR count). The van der Waals surface area contributed by atoms with E-state index in [4.69, 9.17) is 0 Å². The van der Waals surface area contributed by atoms with E-state index >= 15 is 0 Å². The number of fused-ring (bicyclic) bond motifs is 1. The zero-order valence-electron chi connectivity index (χ0n) is 12.1. The number of piperidine rings is 1. The third-order valence-corrected chi connectivity index (χ3v) is 4.36. The molecule has 2 amide bonds. The molecule has 110 valence electrons. The quantitative estimate of drug-likeness (QED) is 0.891. The number of amides is 2. The lowest BCUT2D eigenvalue weighted by Crippen LogP contribution is -2.44. The SMILES string of the molecule is CCNC(=O)N1CCC(c2nnc3n2CCCC3)CC1. The van der Waals surface area contributed by atoms with E-state index in [1.54, 1.807) is 0 Å². The molecule has 3 heterocycles. The van der Waals surface area contributed by atoms with Gasteiger partial charge in [0.2, 0.25) is 0 Å². The fourth-order valence-corrected chi connectivity index (χ4v) is 3.24. The summed E-state index contributed by atoms with van der Waals surface area (Å²) in [6.07, 6.45) is 5.51. The van der Waals surface area contributed by atoms with Gasteiger partial charge in [0, 0.05) is 38.5 Å². The Morgan fingerprint density at radius 2 is 2.05 bits per heavy atom. The summed E-state index contributed by atoms with van der Waals surface area (Å²) in [6.45, 7) is 5.34. The maximum atomic E-state index is 11.8. The fourth-order valence-electron chi connectivity index (χ4n) is 3.24. The van der Waals surface area contributed by atoms with Crippen LogP contribution in [0.5, 0.6) is 0 Å². The number of hydrogen-bond donors (Lipinski definition) is 1. The molecular weight excluding hydrogens is 254 g/mol. The van der Waals surface area contributed by atoms with Gasteiger partial charge in [0.1, 0.15) is 11.6 Å². The summed E-state index contributed by atoms with van der Waals surface area (Å²) < 4.78 is 2.32. The molecule has 1 aromatic rings. The van der Waals surface area contributed by atoms with Crippen LogP contribution in [0.3, 0.4) is 0 Å². The molecule has 0 atom stereocenters. The number of rotatable bonds is 2. The van der Waals surface area contributed by atoms with Crippen molar-refractivity contribution in [3.8, 4) is 0 Å². The van der Waals surface area contributed by atoms with Gasteiger partial charge in [-0.15, -0.1) is 10.2 Å². The number of hydrogen-bond acceptors (Lipinski definition) is 3. The lowest BCUT2D eigenvalue weighted by Gasteiger charge is -2.32. The molecule has 0 spiro atoms. The van der Waals surface area contributed by atoms with Crippen LogP contribution < -0.4 is 5.32 Å². The molecule has 0 bridgehead atoms. The van der Waals surface area contributed by atoms with E-state index in [1.165, 1.54) is 12.8 Å². The summed E-state index contributed by atoms with van der Waals surface area (Å²) in [4.78, 5) is 13.7. The molecule has 2 aliphatic heterocycles. The highest BCUT2D eigenvalue weighted by molar-refractivity contribution is 5.74. The Hall–Kier alpha value is -1.59. The van der Waals surface area contributed by atoms with Crippen LogP contribution in [0.25, 0.3) is 0 Å². The topological polar surface area (TPSA) is 63.1 Å². The van der Waals surface area contributed by atoms with E-state index in [1.807, 2.05) is 11.8 Å². The summed E-state index contributed by atoms with van der Waals surface area (Å²) in [5.74, 6) is 2.76. The van der Waals surface area contributed by atoms with Crippen molar-refractivity contribution in [2.45, 2.75) is 51.5 Å². The minimum atomic E-state index is 0.0641. The minimum Gasteiger partial charge on any atom is -0.338 e. The van der Waals surface area contributed by atoms with Crippen LogP contribution in [0.15, 0.2) is 0 Å². The number of likely N-dealkylation sites (tertiary alicyclic amines) is 1. The molecular formula is C14H23N5O. The highest BCUT2D eigenvalue weighted by Gasteiger charge is 2.28. The van der Waals surface area contributed by atoms with E-state index in [0.717, 1.165) is 50.5 Å². The first-order valence-electron chi connectivity index (χ1n) is 7.74. The standard InChI is InChI=1S/C14H23N5O/c1-2-15-14(20)18-9-6-11(7-10-18)13-17-16-12-5-3-4-8-19(12)13/h11H,2-10H2,1H3,(H,15,20). The summed E-state index contributed by atoms with van der Waals surface area (Å²) >= 11 is 0. The summed E-state index contributed by atoms with van der Waals surface area (Å²) in [7, 11) is 0. The molecule has 2 aliphatic rings.